The van der Waals surface area contributed by atoms with Crippen molar-refractivity contribution >= 4 is 75.8 Å². The van der Waals surface area contributed by atoms with E-state index in [1.807, 2.05) is 0 Å². The van der Waals surface area contributed by atoms with Crippen LogP contribution in [-0.4, -0.2) is 155 Å². The maximum atomic E-state index is 12.9. The molecule has 0 bridgehead atoms. The Labute approximate surface area is 335 Å². The van der Waals surface area contributed by atoms with Gasteiger partial charge in [-0.1, -0.05) is 0 Å². The number of nitrogens with one attached hydrogen (secondary N) is 2. The molecule has 328 valence electrons. The number of aliphatic hydroxyl groups is 2. The van der Waals surface area contributed by atoms with Crippen LogP contribution in [0.15, 0.2) is 14.6 Å². The summed E-state index contributed by atoms with van der Waals surface area (Å²) in [6, 6.07) is 0. The molecule has 0 aromatic carbocycles. The summed E-state index contributed by atoms with van der Waals surface area (Å²) in [6.07, 6.45) is -11.2. The fourth-order valence-corrected chi connectivity index (χ4v) is 11.0. The van der Waals surface area contributed by atoms with Crippen LogP contribution in [0, 0.1) is 0 Å². The Morgan fingerprint density at radius 3 is 1.88 bits per heavy atom. The fourth-order valence-electron chi connectivity index (χ4n) is 5.96. The SMILES string of the molecule is C=Nc1c(N(C)[C@@H]2O[C@H](COP(=O)(O)OP(O)(=S)OP(=O)(O)OC[C@H]3O[C@@H](N(C)c4nc(N)[nH]c(=O)c4N(C)C)C(OC)C3O)C(OC(C)C)C2O)nc(N)[nH]c1=O. The lowest BCUT2D eigenvalue weighted by Gasteiger charge is -2.31. The predicted molar refractivity (Wildman–Crippen MR) is 209 cm³/mol. The van der Waals surface area contributed by atoms with Crippen LogP contribution in [0.2, 0.25) is 0 Å². The second-order valence-corrected chi connectivity index (χ2v) is 19.2. The number of aromatic amines is 2. The van der Waals surface area contributed by atoms with Crippen LogP contribution >= 0.6 is 22.4 Å². The third-order valence-electron chi connectivity index (χ3n) is 8.37. The van der Waals surface area contributed by atoms with Gasteiger partial charge in [-0.15, -0.1) is 0 Å². The third-order valence-corrected chi connectivity index (χ3v) is 13.8. The normalized spacial score (nSPS) is 27.8. The van der Waals surface area contributed by atoms with E-state index in [4.69, 9.17) is 39.5 Å². The highest BCUT2D eigenvalue weighted by Crippen LogP contribution is 2.68. The first kappa shape index (κ1) is 47.7. The number of aliphatic hydroxyl groups excluding tert-OH is 2. The lowest BCUT2D eigenvalue weighted by Crippen LogP contribution is -2.45. The molecule has 4 rings (SSSR count). The van der Waals surface area contributed by atoms with Gasteiger partial charge < -0.3 is 70.0 Å². The van der Waals surface area contributed by atoms with Crippen molar-refractivity contribution in [1.82, 2.24) is 19.9 Å². The van der Waals surface area contributed by atoms with Gasteiger partial charge in [-0.2, -0.15) is 9.97 Å². The minimum Gasteiger partial charge on any atom is -0.387 e. The van der Waals surface area contributed by atoms with Crippen molar-refractivity contribution in [2.45, 2.75) is 69.0 Å². The number of hydrogen-bond acceptors (Lipinski definition) is 23. The highest BCUT2D eigenvalue weighted by Gasteiger charge is 2.50. The first-order valence-corrected chi connectivity index (χ1v) is 22.3. The number of methoxy groups -OCH3 is 1. The van der Waals surface area contributed by atoms with E-state index >= 15 is 0 Å². The van der Waals surface area contributed by atoms with Crippen LogP contribution in [0.4, 0.5) is 34.9 Å². The van der Waals surface area contributed by atoms with E-state index in [2.05, 4.69) is 52.1 Å². The molecule has 58 heavy (non-hydrogen) atoms. The molecule has 2 aliphatic rings. The van der Waals surface area contributed by atoms with Crippen LogP contribution in [0.1, 0.15) is 13.8 Å². The average Bonchev–Trinajstić information content (AvgIpc) is 3.58. The Morgan fingerprint density at radius 2 is 1.36 bits per heavy atom. The Hall–Kier alpha value is -2.98. The molecule has 31 heteroatoms. The van der Waals surface area contributed by atoms with Crippen LogP contribution in [0.5, 0.6) is 0 Å². The van der Waals surface area contributed by atoms with Crippen LogP contribution in [0.3, 0.4) is 0 Å². The van der Waals surface area contributed by atoms with Crippen LogP contribution in [-0.2, 0) is 57.6 Å². The topological polar surface area (TPSA) is 375 Å². The molecule has 2 aromatic rings. The molecule has 0 aliphatic carbocycles. The second-order valence-electron chi connectivity index (χ2n) is 13.1. The number of aliphatic imine (C=N–C) groups is 1. The molecule has 27 nitrogen and oxygen atoms in total. The largest absolute Gasteiger partial charge is 0.479 e. The van der Waals surface area contributed by atoms with E-state index in [0.29, 0.717) is 0 Å². The zero-order valence-corrected chi connectivity index (χ0v) is 35.5. The number of aromatic nitrogens is 4. The van der Waals surface area contributed by atoms with Gasteiger partial charge in [-0.25, -0.2) is 17.8 Å². The molecule has 0 amide bonds. The monoisotopic (exact) mass is 908 g/mol. The van der Waals surface area contributed by atoms with Crippen molar-refractivity contribution in [2.24, 2.45) is 4.99 Å². The summed E-state index contributed by atoms with van der Waals surface area (Å²) in [5.41, 5.74) is 9.93. The van der Waals surface area contributed by atoms with E-state index in [9.17, 15) is 43.6 Å². The molecule has 2 fully saturated rings. The van der Waals surface area contributed by atoms with Crippen LogP contribution < -0.4 is 37.3 Å². The molecule has 11 N–H and O–H groups in total. The van der Waals surface area contributed by atoms with Gasteiger partial charge in [-0.3, -0.25) is 33.6 Å². The van der Waals surface area contributed by atoms with E-state index in [1.54, 1.807) is 27.9 Å². The molecule has 0 saturated carbocycles. The summed E-state index contributed by atoms with van der Waals surface area (Å²) in [6.45, 7) is -0.320. The number of rotatable bonds is 19. The van der Waals surface area contributed by atoms with Crippen molar-refractivity contribution in [3.05, 3.63) is 20.7 Å². The van der Waals surface area contributed by atoms with E-state index in [-0.39, 0.29) is 34.9 Å². The highest BCUT2D eigenvalue weighted by atomic mass is 32.5. The van der Waals surface area contributed by atoms with Crippen molar-refractivity contribution in [1.29, 1.82) is 0 Å². The summed E-state index contributed by atoms with van der Waals surface area (Å²) < 4.78 is 67.6. The van der Waals surface area contributed by atoms with E-state index in [0.717, 1.165) is 0 Å². The number of phosphoric acid groups is 2. The van der Waals surface area contributed by atoms with Gasteiger partial charge in [0.1, 0.15) is 42.3 Å². The smallest absolute Gasteiger partial charge is 0.387 e. The number of nitrogens with two attached hydrogens (primary N) is 2. The number of H-pyrrole nitrogens is 2. The van der Waals surface area contributed by atoms with Gasteiger partial charge in [-0.05, 0) is 32.4 Å². The molecular formula is C27H47N10O17P3S. The van der Waals surface area contributed by atoms with Gasteiger partial charge in [0, 0.05) is 35.3 Å². The quantitative estimate of drug-likeness (QED) is 0.0569. The van der Waals surface area contributed by atoms with Gasteiger partial charge >= 0.3 is 22.4 Å². The molecule has 2 aliphatic heterocycles. The summed E-state index contributed by atoms with van der Waals surface area (Å²) in [5.74, 6) is -0.605. The zero-order valence-electron chi connectivity index (χ0n) is 32.0. The summed E-state index contributed by atoms with van der Waals surface area (Å²) >= 11 is 4.69. The molecule has 4 heterocycles. The van der Waals surface area contributed by atoms with E-state index in [1.165, 1.54) is 35.9 Å². The molecular weight excluding hydrogens is 861 g/mol. The van der Waals surface area contributed by atoms with Crippen molar-refractivity contribution in [3.63, 3.8) is 0 Å². The summed E-state index contributed by atoms with van der Waals surface area (Å²) in [4.78, 5) is 76.8. The summed E-state index contributed by atoms with van der Waals surface area (Å²) in [5, 5.41) is 22.1. The standard InChI is InChI=1S/C27H47N10O17P3S/c1-11(2)50-18-13(52-24(17(18)39)36(6)20-14(30-3)22(40)33-26(28)31-20)10-49-56(44,45)54-57(46,58)53-55(42,43)48-9-12-16(38)19(47-8)25(51-12)37(7)21-15(35(4)5)23(41)34-27(29)32-21/h11-13,16-19,24-25,38-39H,3,9-10H2,1-2,4-8H3,(H,42,43)(H,44,45)(H,46,58)(H3,28,31,33,40)(H3,29,32,34,41)/t12-,13-,16?,17?,18?,19?,24-,25-,57?/m1/s1. The first-order valence-electron chi connectivity index (χ1n) is 16.8. The van der Waals surface area contributed by atoms with Crippen molar-refractivity contribution in [2.75, 3.05) is 74.7 Å². The zero-order chi connectivity index (χ0) is 43.7. The van der Waals surface area contributed by atoms with Gasteiger partial charge in [0.2, 0.25) is 11.9 Å². The molecule has 0 radical (unpaired) electrons. The van der Waals surface area contributed by atoms with Gasteiger partial charge in [0.25, 0.3) is 11.1 Å². The maximum absolute atomic E-state index is 12.9. The minimum absolute atomic E-state index is 0.0374. The molecule has 2 saturated heterocycles. The fraction of sp³-hybridized carbons (Fsp3) is 0.667. The first-order chi connectivity index (χ1) is 26.8. The lowest BCUT2D eigenvalue weighted by atomic mass is 10.1. The second kappa shape index (κ2) is 18.7. The number of anilines is 5. The van der Waals surface area contributed by atoms with Crippen molar-refractivity contribution < 1.29 is 70.6 Å². The lowest BCUT2D eigenvalue weighted by molar-refractivity contribution is -0.0767. The molecule has 7 unspecified atom stereocenters. The number of ether oxygens (including phenoxy) is 4. The Balaban J connectivity index is 1.40. The average molecular weight is 909 g/mol. The molecule has 0 spiro atoms. The Kier molecular flexibility index (Phi) is 15.4. The molecule has 11 atom stereocenters. The number of likely N-dealkylation sites (N-methyl/N-ethyl adjacent to an activating group) is 2. The van der Waals surface area contributed by atoms with Gasteiger partial charge in [0.15, 0.2) is 29.8 Å². The number of nitrogen functional groups attached to an aromatic ring is 2. The third kappa shape index (κ3) is 11.2. The van der Waals surface area contributed by atoms with Crippen molar-refractivity contribution in [3.8, 4) is 0 Å². The summed E-state index contributed by atoms with van der Waals surface area (Å²) in [7, 11) is -3.68. The van der Waals surface area contributed by atoms with Gasteiger partial charge in [0.05, 0.1) is 19.3 Å². The molecule has 2 aromatic heterocycles. The maximum Gasteiger partial charge on any atom is 0.479 e. The number of hydrogen-bond donors (Lipinski definition) is 9. The minimum atomic E-state index is -5.46. The number of nitrogens with zero attached hydrogens (tertiary/aromatic N) is 6. The predicted octanol–water partition coefficient (Wildman–Crippen LogP) is -1.55. The Bertz CT molecular complexity index is 2060. The van der Waals surface area contributed by atoms with E-state index < -0.39 is 102 Å². The highest BCUT2D eigenvalue weighted by molar-refractivity contribution is 8.09. The van der Waals surface area contributed by atoms with Crippen LogP contribution in [0.25, 0.3) is 0 Å². The number of phosphoric ester groups is 2. The Morgan fingerprint density at radius 1 is 0.862 bits per heavy atom.